The topological polar surface area (TPSA) is 119 Å². The van der Waals surface area contributed by atoms with Gasteiger partial charge in [-0.3, -0.25) is 23.5 Å². The minimum absolute atomic E-state index is 0.123. The Labute approximate surface area is 242 Å². The Bertz CT molecular complexity index is 1690. The van der Waals surface area contributed by atoms with Crippen LogP contribution in [0.25, 0.3) is 21.7 Å². The number of methoxy groups -OCH3 is 1. The Hall–Kier alpha value is -3.81. The molecule has 0 N–H and O–H groups in total. The first-order chi connectivity index (χ1) is 19.3. The van der Waals surface area contributed by atoms with E-state index >= 15 is 0 Å². The number of rotatable bonds is 11. The molecule has 0 spiro atoms. The van der Waals surface area contributed by atoms with Crippen LogP contribution in [-0.4, -0.2) is 57.9 Å². The minimum Gasteiger partial charge on any atom is -0.497 e. The van der Waals surface area contributed by atoms with Crippen LogP contribution in [0.2, 0.25) is 0 Å². The van der Waals surface area contributed by atoms with Crippen molar-refractivity contribution in [2.24, 2.45) is 0 Å². The normalized spacial score (nSPS) is 10.9. The number of thioether (sulfide) groups is 1. The van der Waals surface area contributed by atoms with Gasteiger partial charge in [-0.05, 0) is 62.5 Å². The maximum Gasteiger partial charge on any atom is 0.338 e. The number of hydrogen-bond donors (Lipinski definition) is 0. The highest BCUT2D eigenvalue weighted by molar-refractivity contribution is 7.99. The summed E-state index contributed by atoms with van der Waals surface area (Å²) < 4.78 is 19.0. The van der Waals surface area contributed by atoms with Gasteiger partial charge < -0.3 is 14.2 Å². The fourth-order valence-corrected chi connectivity index (χ4v) is 5.93. The molecule has 0 radical (unpaired) electrons. The minimum atomic E-state index is -0.618. The molecule has 0 saturated heterocycles. The number of carbonyl (C=O) groups excluding carboxylic acids is 3. The van der Waals surface area contributed by atoms with E-state index < -0.39 is 17.5 Å². The van der Waals surface area contributed by atoms with Crippen molar-refractivity contribution < 1.29 is 28.6 Å². The van der Waals surface area contributed by atoms with Crippen LogP contribution in [0, 0.1) is 3.95 Å². The Morgan fingerprint density at radius 1 is 1.00 bits per heavy atom. The van der Waals surface area contributed by atoms with Crippen molar-refractivity contribution in [1.82, 2.24) is 14.1 Å². The molecule has 0 saturated carbocycles. The van der Waals surface area contributed by atoms with E-state index in [1.807, 2.05) is 6.07 Å². The Morgan fingerprint density at radius 3 is 2.40 bits per heavy atom. The van der Waals surface area contributed by atoms with Crippen LogP contribution >= 0.6 is 35.3 Å². The third-order valence-corrected chi connectivity index (χ3v) is 7.88. The molecule has 0 bridgehead atoms. The molecule has 4 aromatic rings. The zero-order chi connectivity index (χ0) is 28.8. The average molecular weight is 600 g/mol. The molecule has 2 heterocycles. The molecular formula is C27H25N3O7S3. The highest BCUT2D eigenvalue weighted by atomic mass is 32.2. The number of hydrogen-bond acceptors (Lipinski definition) is 11. The number of carbonyl (C=O) groups is 3. The van der Waals surface area contributed by atoms with E-state index in [0.29, 0.717) is 37.0 Å². The average Bonchev–Trinajstić information content (AvgIpc) is 3.28. The van der Waals surface area contributed by atoms with Gasteiger partial charge in [-0.25, -0.2) is 9.78 Å². The molecule has 208 valence electrons. The second kappa shape index (κ2) is 13.0. The highest BCUT2D eigenvalue weighted by Crippen LogP contribution is 2.29. The van der Waals surface area contributed by atoms with Crippen molar-refractivity contribution in [3.05, 3.63) is 68.4 Å². The van der Waals surface area contributed by atoms with Gasteiger partial charge >= 0.3 is 11.9 Å². The van der Waals surface area contributed by atoms with Gasteiger partial charge in [-0.2, -0.15) is 0 Å². The molecule has 0 aliphatic heterocycles. The smallest absolute Gasteiger partial charge is 0.338 e. The molecular weight excluding hydrogens is 575 g/mol. The number of nitrogens with zero attached hydrogens (tertiary/aromatic N) is 3. The first-order valence-electron chi connectivity index (χ1n) is 12.2. The van der Waals surface area contributed by atoms with Crippen LogP contribution in [0.1, 0.15) is 30.6 Å². The zero-order valence-corrected chi connectivity index (χ0v) is 24.3. The lowest BCUT2D eigenvalue weighted by atomic mass is 10.2. The molecule has 4 rings (SSSR count). The Kier molecular flexibility index (Phi) is 9.50. The fourth-order valence-electron chi connectivity index (χ4n) is 3.77. The molecule has 2 aromatic carbocycles. The third kappa shape index (κ3) is 6.32. The summed E-state index contributed by atoms with van der Waals surface area (Å²) in [7, 11) is 1.55. The lowest BCUT2D eigenvalue weighted by molar-refractivity contribution is -0.145. The van der Waals surface area contributed by atoms with Crippen LogP contribution < -0.4 is 10.3 Å². The Morgan fingerprint density at radius 2 is 1.73 bits per heavy atom. The highest BCUT2D eigenvalue weighted by Gasteiger charge is 2.21. The van der Waals surface area contributed by atoms with Gasteiger partial charge in [0.05, 0.1) is 43.0 Å². The van der Waals surface area contributed by atoms with Crippen molar-refractivity contribution >= 4 is 63.4 Å². The monoisotopic (exact) mass is 599 g/mol. The van der Waals surface area contributed by atoms with Gasteiger partial charge in [0.15, 0.2) is 20.5 Å². The number of aromatic nitrogens is 3. The Balaban J connectivity index is 1.84. The van der Waals surface area contributed by atoms with Crippen LogP contribution in [0.15, 0.2) is 58.5 Å². The van der Waals surface area contributed by atoms with E-state index in [0.717, 1.165) is 23.1 Å². The molecule has 2 aromatic heterocycles. The van der Waals surface area contributed by atoms with Crippen molar-refractivity contribution in [1.29, 1.82) is 0 Å². The summed E-state index contributed by atoms with van der Waals surface area (Å²) in [5, 5.41) is 0.211. The lowest BCUT2D eigenvalue weighted by Gasteiger charge is -2.13. The summed E-state index contributed by atoms with van der Waals surface area (Å²) in [5.41, 5.74) is 1.35. The van der Waals surface area contributed by atoms with Gasteiger partial charge in [0.2, 0.25) is 0 Å². The summed E-state index contributed by atoms with van der Waals surface area (Å²) in [5.74, 6) is -0.998. The first-order valence-corrected chi connectivity index (χ1v) is 14.4. The first kappa shape index (κ1) is 29.2. The van der Waals surface area contributed by atoms with Crippen molar-refractivity contribution in [2.75, 3.05) is 26.1 Å². The molecule has 0 unspecified atom stereocenters. The van der Waals surface area contributed by atoms with Crippen LogP contribution in [-0.2, 0) is 19.1 Å². The van der Waals surface area contributed by atoms with Gasteiger partial charge in [-0.1, -0.05) is 29.2 Å². The quantitative estimate of drug-likeness (QED) is 0.0784. The number of ketones is 1. The summed E-state index contributed by atoms with van der Waals surface area (Å²) >= 11 is 7.74. The number of benzene rings is 2. The third-order valence-electron chi connectivity index (χ3n) is 5.53. The van der Waals surface area contributed by atoms with E-state index in [4.69, 9.17) is 31.4 Å². The number of Topliss-reactive ketones (excluding diaryl/α,β-unsaturated/α-hetero) is 1. The van der Waals surface area contributed by atoms with Crippen LogP contribution in [0.3, 0.4) is 0 Å². The molecule has 0 fully saturated rings. The predicted molar refractivity (Wildman–Crippen MR) is 155 cm³/mol. The van der Waals surface area contributed by atoms with Crippen molar-refractivity contribution in [2.45, 2.75) is 25.4 Å². The molecule has 0 aliphatic rings. The number of esters is 2. The molecule has 0 aliphatic carbocycles. The van der Waals surface area contributed by atoms with E-state index in [1.54, 1.807) is 68.0 Å². The van der Waals surface area contributed by atoms with Crippen LogP contribution in [0.4, 0.5) is 0 Å². The van der Waals surface area contributed by atoms with E-state index in [2.05, 4.69) is 0 Å². The zero-order valence-electron chi connectivity index (χ0n) is 21.9. The van der Waals surface area contributed by atoms with Crippen LogP contribution in [0.5, 0.6) is 5.75 Å². The largest absolute Gasteiger partial charge is 0.497 e. The summed E-state index contributed by atoms with van der Waals surface area (Å²) in [6, 6.07) is 13.5. The second-order valence-electron chi connectivity index (χ2n) is 8.17. The predicted octanol–water partition coefficient (Wildman–Crippen LogP) is 4.77. The number of fused-ring (bicyclic) bond motifs is 1. The molecule has 13 heteroatoms. The summed E-state index contributed by atoms with van der Waals surface area (Å²) in [6.07, 6.45) is -0.389. The number of ether oxygens (including phenoxy) is 3. The number of thiazole rings is 1. The lowest BCUT2D eigenvalue weighted by Crippen LogP contribution is -2.22. The summed E-state index contributed by atoms with van der Waals surface area (Å²) in [6.45, 7) is 3.78. The SMILES string of the molecule is CCOC(=O)CC(=O)CSc1nc2c(sc(=S)n2-c2cccc(OC)c2)c(=O)n1-c1ccc(C(=O)OCC)cc1. The molecule has 10 nitrogen and oxygen atoms in total. The van der Waals surface area contributed by atoms with Crippen molar-refractivity contribution in [3.8, 4) is 17.1 Å². The maximum atomic E-state index is 13.9. The second-order valence-corrected chi connectivity index (χ2v) is 10.8. The van der Waals surface area contributed by atoms with E-state index in [9.17, 15) is 19.2 Å². The maximum absolute atomic E-state index is 13.9. The summed E-state index contributed by atoms with van der Waals surface area (Å²) in [4.78, 5) is 55.1. The van der Waals surface area contributed by atoms with E-state index in [1.165, 1.54) is 4.57 Å². The standard InChI is InChI=1S/C27H25N3O7S3/c1-4-36-21(32)14-19(31)15-39-26-28-23-22(40-27(38)29(23)18-7-6-8-20(13-18)35-3)24(33)30(26)17-11-9-16(10-12-17)25(34)37-5-2/h6-13H,4-5,14-15H2,1-3H3. The fraction of sp³-hybridized carbons (Fsp3) is 0.259. The molecule has 0 amide bonds. The molecule has 0 atom stereocenters. The van der Waals surface area contributed by atoms with E-state index in [-0.39, 0.29) is 36.3 Å². The van der Waals surface area contributed by atoms with Gasteiger partial charge in [0, 0.05) is 6.07 Å². The molecule has 40 heavy (non-hydrogen) atoms. The van der Waals surface area contributed by atoms with Gasteiger partial charge in [0.25, 0.3) is 5.56 Å². The van der Waals surface area contributed by atoms with Gasteiger partial charge in [-0.15, -0.1) is 0 Å². The van der Waals surface area contributed by atoms with Crippen molar-refractivity contribution in [3.63, 3.8) is 0 Å². The van der Waals surface area contributed by atoms with Gasteiger partial charge in [0.1, 0.15) is 16.9 Å².